The van der Waals surface area contributed by atoms with Crippen LogP contribution in [-0.4, -0.2) is 44.0 Å². The molecule has 1 aliphatic rings. The van der Waals surface area contributed by atoms with Crippen molar-refractivity contribution in [1.82, 2.24) is 29.0 Å². The number of nitrogens with one attached hydrogen (secondary N) is 1. The Bertz CT molecular complexity index is 616. The van der Waals surface area contributed by atoms with Crippen LogP contribution >= 0.6 is 0 Å². The lowest BCUT2D eigenvalue weighted by molar-refractivity contribution is 0.334. The van der Waals surface area contributed by atoms with E-state index in [-0.39, 0.29) is 11.6 Å². The van der Waals surface area contributed by atoms with Gasteiger partial charge in [0.2, 0.25) is 0 Å². The zero-order chi connectivity index (χ0) is 11.9. The number of imidazole rings is 1. The Morgan fingerprint density at radius 3 is 3.00 bits per heavy atom. The number of H-pyrrole nitrogens is 1. The predicted octanol–water partition coefficient (Wildman–Crippen LogP) is -0.794. The number of aromatic nitrogens is 5. The number of hydrogen-bond donors (Lipinski definition) is 1. The fraction of sp³-hybridized carbons (Fsp3) is 0.375. The third kappa shape index (κ3) is 1.63. The van der Waals surface area contributed by atoms with Gasteiger partial charge >= 0.3 is 0 Å². The van der Waals surface area contributed by atoms with E-state index in [2.05, 4.69) is 20.2 Å². The normalized spacial score (nSPS) is 16.9. The SMILES string of the molecule is O=S(=O)(c1cnc[nH]1)N1CCn2cnnc2C1. The van der Waals surface area contributed by atoms with Crippen LogP contribution in [0.15, 0.2) is 23.9 Å². The molecule has 2 aromatic rings. The van der Waals surface area contributed by atoms with E-state index < -0.39 is 10.0 Å². The van der Waals surface area contributed by atoms with Gasteiger partial charge in [-0.15, -0.1) is 10.2 Å². The molecule has 9 heteroatoms. The molecule has 3 rings (SSSR count). The van der Waals surface area contributed by atoms with Gasteiger partial charge in [-0.05, 0) is 0 Å². The van der Waals surface area contributed by atoms with Gasteiger partial charge < -0.3 is 9.55 Å². The number of sulfonamides is 1. The van der Waals surface area contributed by atoms with Gasteiger partial charge in [0, 0.05) is 13.1 Å². The first-order valence-electron chi connectivity index (χ1n) is 5.03. The summed E-state index contributed by atoms with van der Waals surface area (Å²) >= 11 is 0. The van der Waals surface area contributed by atoms with Gasteiger partial charge in [-0.2, -0.15) is 4.31 Å². The number of nitrogens with zero attached hydrogens (tertiary/aromatic N) is 5. The molecule has 0 atom stereocenters. The van der Waals surface area contributed by atoms with Gasteiger partial charge in [-0.25, -0.2) is 13.4 Å². The topological polar surface area (TPSA) is 96.8 Å². The van der Waals surface area contributed by atoms with E-state index in [1.165, 1.54) is 16.8 Å². The highest BCUT2D eigenvalue weighted by atomic mass is 32.2. The zero-order valence-electron chi connectivity index (χ0n) is 8.81. The van der Waals surface area contributed by atoms with Crippen LogP contribution < -0.4 is 0 Å². The lowest BCUT2D eigenvalue weighted by Crippen LogP contribution is -2.38. The second-order valence-electron chi connectivity index (χ2n) is 3.70. The number of rotatable bonds is 2. The smallest absolute Gasteiger partial charge is 0.260 e. The average molecular weight is 254 g/mol. The number of hydrogen-bond acceptors (Lipinski definition) is 5. The van der Waals surface area contributed by atoms with E-state index in [0.717, 1.165) is 0 Å². The van der Waals surface area contributed by atoms with Crippen molar-refractivity contribution < 1.29 is 8.42 Å². The summed E-state index contributed by atoms with van der Waals surface area (Å²) in [6.07, 6.45) is 4.25. The summed E-state index contributed by atoms with van der Waals surface area (Å²) < 4.78 is 27.6. The van der Waals surface area contributed by atoms with Crippen molar-refractivity contribution in [2.24, 2.45) is 0 Å². The lowest BCUT2D eigenvalue weighted by Gasteiger charge is -2.25. The Labute approximate surface area is 97.4 Å². The Morgan fingerprint density at radius 1 is 1.35 bits per heavy atom. The van der Waals surface area contributed by atoms with Crippen molar-refractivity contribution in [1.29, 1.82) is 0 Å². The van der Waals surface area contributed by atoms with Gasteiger partial charge in [-0.3, -0.25) is 0 Å². The summed E-state index contributed by atoms with van der Waals surface area (Å²) in [6, 6.07) is 0. The van der Waals surface area contributed by atoms with Crippen LogP contribution in [0.5, 0.6) is 0 Å². The molecule has 8 nitrogen and oxygen atoms in total. The maximum Gasteiger partial charge on any atom is 0.260 e. The van der Waals surface area contributed by atoms with Gasteiger partial charge in [-0.1, -0.05) is 0 Å². The molecule has 0 amide bonds. The monoisotopic (exact) mass is 254 g/mol. The molecule has 0 unspecified atom stereocenters. The fourth-order valence-corrected chi connectivity index (χ4v) is 3.05. The van der Waals surface area contributed by atoms with Crippen LogP contribution in [0.4, 0.5) is 0 Å². The minimum absolute atomic E-state index is 0.102. The molecule has 0 aromatic carbocycles. The summed E-state index contributed by atoms with van der Waals surface area (Å²) in [5.74, 6) is 0.652. The predicted molar refractivity (Wildman–Crippen MR) is 56.2 cm³/mol. The van der Waals surface area contributed by atoms with Crippen LogP contribution in [0.2, 0.25) is 0 Å². The quantitative estimate of drug-likeness (QED) is 0.757. The molecule has 0 aliphatic carbocycles. The van der Waals surface area contributed by atoms with Gasteiger partial charge in [0.1, 0.15) is 12.2 Å². The molecule has 0 saturated heterocycles. The van der Waals surface area contributed by atoms with Crippen LogP contribution in [0.25, 0.3) is 0 Å². The maximum atomic E-state index is 12.2. The summed E-state index contributed by atoms with van der Waals surface area (Å²) in [5.41, 5.74) is 0. The second kappa shape index (κ2) is 3.64. The van der Waals surface area contributed by atoms with Crippen molar-refractivity contribution in [3.05, 3.63) is 24.7 Å². The van der Waals surface area contributed by atoms with Crippen molar-refractivity contribution in [2.45, 2.75) is 18.1 Å². The largest absolute Gasteiger partial charge is 0.335 e. The molecule has 17 heavy (non-hydrogen) atoms. The van der Waals surface area contributed by atoms with Gasteiger partial charge in [0.25, 0.3) is 10.0 Å². The van der Waals surface area contributed by atoms with E-state index >= 15 is 0 Å². The highest BCUT2D eigenvalue weighted by Crippen LogP contribution is 2.18. The maximum absolute atomic E-state index is 12.2. The first-order valence-corrected chi connectivity index (χ1v) is 6.47. The van der Waals surface area contributed by atoms with E-state index in [4.69, 9.17) is 0 Å². The minimum atomic E-state index is -3.51. The molecule has 0 saturated carbocycles. The van der Waals surface area contributed by atoms with E-state index in [0.29, 0.717) is 18.9 Å². The van der Waals surface area contributed by atoms with Gasteiger partial charge in [0.15, 0.2) is 5.03 Å². The molecule has 90 valence electrons. The summed E-state index contributed by atoms with van der Waals surface area (Å²) in [4.78, 5) is 6.33. The Balaban J connectivity index is 1.93. The van der Waals surface area contributed by atoms with E-state index in [9.17, 15) is 8.42 Å². The molecule has 0 bridgehead atoms. The molecular formula is C8H10N6O2S. The summed E-state index contributed by atoms with van der Waals surface area (Å²) in [5, 5.41) is 7.74. The van der Waals surface area contributed by atoms with E-state index in [1.807, 2.05) is 4.57 Å². The van der Waals surface area contributed by atoms with Crippen molar-refractivity contribution in [2.75, 3.05) is 6.54 Å². The molecule has 0 radical (unpaired) electrons. The Kier molecular flexibility index (Phi) is 2.23. The standard InChI is InChI=1S/C8H10N6O2S/c15-17(16,8-3-9-5-10-8)14-2-1-13-6-11-12-7(13)4-14/h3,5-6H,1-2,4H2,(H,9,10). The van der Waals surface area contributed by atoms with Crippen LogP contribution in [0.1, 0.15) is 5.82 Å². The number of fused-ring (bicyclic) bond motifs is 1. The molecular weight excluding hydrogens is 244 g/mol. The van der Waals surface area contributed by atoms with Crippen molar-refractivity contribution in [3.8, 4) is 0 Å². The van der Waals surface area contributed by atoms with Crippen LogP contribution in [0.3, 0.4) is 0 Å². The third-order valence-electron chi connectivity index (χ3n) is 2.69. The third-order valence-corrected chi connectivity index (χ3v) is 4.47. The summed E-state index contributed by atoms with van der Waals surface area (Å²) in [7, 11) is -3.51. The highest BCUT2D eigenvalue weighted by Gasteiger charge is 2.30. The molecule has 2 aromatic heterocycles. The van der Waals surface area contributed by atoms with Gasteiger partial charge in [0.05, 0.1) is 19.1 Å². The Hall–Kier alpha value is -1.74. The summed E-state index contributed by atoms with van der Waals surface area (Å²) in [6.45, 7) is 1.21. The highest BCUT2D eigenvalue weighted by molar-refractivity contribution is 7.89. The number of aromatic amines is 1. The molecule has 3 heterocycles. The molecule has 1 aliphatic heterocycles. The Morgan fingerprint density at radius 2 is 2.24 bits per heavy atom. The zero-order valence-corrected chi connectivity index (χ0v) is 9.63. The lowest BCUT2D eigenvalue weighted by atomic mass is 10.4. The molecule has 1 N–H and O–H groups in total. The molecule has 0 fully saturated rings. The second-order valence-corrected chi connectivity index (χ2v) is 5.60. The van der Waals surface area contributed by atoms with Crippen LogP contribution in [0, 0.1) is 0 Å². The van der Waals surface area contributed by atoms with Crippen molar-refractivity contribution in [3.63, 3.8) is 0 Å². The minimum Gasteiger partial charge on any atom is -0.335 e. The first-order chi connectivity index (χ1) is 8.18. The van der Waals surface area contributed by atoms with E-state index in [1.54, 1.807) is 6.33 Å². The van der Waals surface area contributed by atoms with Crippen LogP contribution in [-0.2, 0) is 23.1 Å². The fourth-order valence-electron chi connectivity index (χ4n) is 1.77. The average Bonchev–Trinajstić information content (AvgIpc) is 2.99. The van der Waals surface area contributed by atoms with Crippen molar-refractivity contribution >= 4 is 10.0 Å². The molecule has 0 spiro atoms. The first kappa shape index (κ1) is 10.4.